The van der Waals surface area contributed by atoms with Crippen LogP contribution in [0.2, 0.25) is 0 Å². The Hall–Kier alpha value is -2.29. The van der Waals surface area contributed by atoms with Crippen molar-refractivity contribution in [2.24, 2.45) is 0 Å². The predicted octanol–water partition coefficient (Wildman–Crippen LogP) is 2.18. The second kappa shape index (κ2) is 4.87. The number of hydrogen-bond acceptors (Lipinski definition) is 5. The molecule has 1 aromatic heterocycles. The zero-order valence-electron chi connectivity index (χ0n) is 11.1. The summed E-state index contributed by atoms with van der Waals surface area (Å²) in [4.78, 5) is 0. The molecule has 22 heavy (non-hydrogen) atoms. The number of aromatic hydroxyl groups is 2. The number of benzene rings is 1. The van der Waals surface area contributed by atoms with Gasteiger partial charge in [-0.15, -0.1) is 0 Å². The van der Waals surface area contributed by atoms with Crippen LogP contribution in [0.5, 0.6) is 11.5 Å². The summed E-state index contributed by atoms with van der Waals surface area (Å²) in [5.74, 6) is -4.51. The molecule has 2 N–H and O–H groups in total. The van der Waals surface area contributed by atoms with Crippen molar-refractivity contribution in [3.63, 3.8) is 0 Å². The van der Waals surface area contributed by atoms with E-state index in [0.29, 0.717) is 6.42 Å². The molecule has 0 amide bonds. The van der Waals surface area contributed by atoms with Gasteiger partial charge in [-0.1, -0.05) is 0 Å². The Morgan fingerprint density at radius 1 is 1.18 bits per heavy atom. The Labute approximate surface area is 124 Å². The van der Waals surface area contributed by atoms with Crippen molar-refractivity contribution >= 4 is 15.9 Å². The molecule has 3 rings (SSSR count). The normalized spacial score (nSPS) is 17.1. The smallest absolute Gasteiger partial charge is 0.256 e. The highest BCUT2D eigenvalue weighted by molar-refractivity contribution is 7.93. The minimum Gasteiger partial charge on any atom is -0.502 e. The Balaban J connectivity index is 2.16. The summed E-state index contributed by atoms with van der Waals surface area (Å²) >= 11 is 0. The lowest BCUT2D eigenvalue weighted by atomic mass is 10.1. The zero-order chi connectivity index (χ0) is 16.1. The molecule has 0 spiro atoms. The maximum Gasteiger partial charge on any atom is 0.256 e. The lowest BCUT2D eigenvalue weighted by molar-refractivity contribution is 0.409. The van der Waals surface area contributed by atoms with Gasteiger partial charge in [0.2, 0.25) is 21.5 Å². The Bertz CT molecular complexity index is 846. The molecule has 0 radical (unpaired) electrons. The van der Waals surface area contributed by atoms with E-state index in [2.05, 4.69) is 0 Å². The van der Waals surface area contributed by atoms with E-state index in [0.717, 1.165) is 22.5 Å². The van der Waals surface area contributed by atoms with Crippen LogP contribution in [-0.4, -0.2) is 30.9 Å². The van der Waals surface area contributed by atoms with Crippen LogP contribution in [0.25, 0.3) is 11.3 Å². The second-order valence-electron chi connectivity index (χ2n) is 4.80. The molecule has 9 heteroatoms. The van der Waals surface area contributed by atoms with Crippen molar-refractivity contribution in [3.8, 4) is 22.8 Å². The fourth-order valence-electron chi connectivity index (χ4n) is 2.29. The maximum atomic E-state index is 13.8. The largest absolute Gasteiger partial charge is 0.502 e. The van der Waals surface area contributed by atoms with Gasteiger partial charge in [0.15, 0.2) is 5.76 Å². The first-order chi connectivity index (χ1) is 10.3. The molecule has 0 bridgehead atoms. The molecule has 0 atom stereocenters. The minimum absolute atomic E-state index is 0.0634. The molecule has 0 saturated carbocycles. The summed E-state index contributed by atoms with van der Waals surface area (Å²) in [6.45, 7) is 0.0634. The lowest BCUT2D eigenvalue weighted by Crippen LogP contribution is -2.24. The first-order valence-electron chi connectivity index (χ1n) is 6.32. The molecule has 118 valence electrons. The highest BCUT2D eigenvalue weighted by Crippen LogP contribution is 2.48. The average molecular weight is 331 g/mol. The van der Waals surface area contributed by atoms with Gasteiger partial charge in [-0.05, 0) is 24.6 Å². The van der Waals surface area contributed by atoms with Crippen molar-refractivity contribution in [2.75, 3.05) is 16.6 Å². The third-order valence-corrected chi connectivity index (χ3v) is 5.16. The first kappa shape index (κ1) is 14.6. The van der Waals surface area contributed by atoms with E-state index in [-0.39, 0.29) is 12.3 Å². The molecule has 2 aromatic rings. The average Bonchev–Trinajstić information content (AvgIpc) is 2.94. The number of furan rings is 1. The molecule has 0 unspecified atom stereocenters. The topological polar surface area (TPSA) is 91.0 Å². The fourth-order valence-corrected chi connectivity index (χ4v) is 3.79. The predicted molar refractivity (Wildman–Crippen MR) is 73.1 cm³/mol. The quantitative estimate of drug-likeness (QED) is 0.880. The van der Waals surface area contributed by atoms with E-state index in [1.54, 1.807) is 0 Å². The highest BCUT2D eigenvalue weighted by Gasteiger charge is 2.36. The number of anilines is 1. The Morgan fingerprint density at radius 3 is 2.55 bits per heavy atom. The van der Waals surface area contributed by atoms with Gasteiger partial charge in [0, 0.05) is 6.54 Å². The van der Waals surface area contributed by atoms with Crippen LogP contribution in [-0.2, 0) is 10.0 Å². The van der Waals surface area contributed by atoms with Crippen molar-refractivity contribution in [1.29, 1.82) is 0 Å². The van der Waals surface area contributed by atoms with E-state index >= 15 is 0 Å². The van der Waals surface area contributed by atoms with E-state index in [4.69, 9.17) is 4.42 Å². The summed E-state index contributed by atoms with van der Waals surface area (Å²) in [6, 6.07) is 2.48. The van der Waals surface area contributed by atoms with E-state index in [9.17, 15) is 27.4 Å². The van der Waals surface area contributed by atoms with Gasteiger partial charge < -0.3 is 14.6 Å². The maximum absolute atomic E-state index is 13.8. The van der Waals surface area contributed by atoms with Crippen LogP contribution in [0.15, 0.2) is 22.6 Å². The molecule has 2 heterocycles. The van der Waals surface area contributed by atoms with Crippen molar-refractivity contribution < 1.29 is 31.8 Å². The lowest BCUT2D eigenvalue weighted by Gasteiger charge is -2.12. The van der Waals surface area contributed by atoms with Crippen LogP contribution in [0.1, 0.15) is 6.42 Å². The third kappa shape index (κ3) is 2.17. The van der Waals surface area contributed by atoms with Crippen LogP contribution in [0.4, 0.5) is 14.7 Å². The van der Waals surface area contributed by atoms with Gasteiger partial charge in [0.05, 0.1) is 11.3 Å². The first-order valence-corrected chi connectivity index (χ1v) is 7.93. The minimum atomic E-state index is -3.67. The molecule has 1 fully saturated rings. The summed E-state index contributed by atoms with van der Waals surface area (Å²) < 4.78 is 56.6. The molecular weight excluding hydrogens is 320 g/mol. The van der Waals surface area contributed by atoms with E-state index < -0.39 is 50.4 Å². The van der Waals surface area contributed by atoms with Gasteiger partial charge in [0.1, 0.15) is 11.6 Å². The summed E-state index contributed by atoms with van der Waals surface area (Å²) in [5.41, 5.74) is -0.421. The molecular formula is C13H11F2NO5S. The zero-order valence-corrected chi connectivity index (χ0v) is 11.9. The summed E-state index contributed by atoms with van der Waals surface area (Å²) in [7, 11) is -3.67. The standard InChI is InChI=1S/C13H11F2NO5S/c14-7-2-3-9(15)8(6-7)12-10(17)11(18)13(21-12)16-4-1-5-22(16,19)20/h2-3,6,17-18H,1,4-5H2. The number of sulfonamides is 1. The molecule has 1 aromatic carbocycles. The Kier molecular flexibility index (Phi) is 3.24. The molecule has 1 aliphatic rings. The summed E-state index contributed by atoms with van der Waals surface area (Å²) in [6.07, 6.45) is 0.326. The molecule has 6 nitrogen and oxygen atoms in total. The van der Waals surface area contributed by atoms with Gasteiger partial charge in [-0.25, -0.2) is 21.5 Å². The summed E-state index contributed by atoms with van der Waals surface area (Å²) in [5, 5.41) is 19.7. The second-order valence-corrected chi connectivity index (χ2v) is 6.81. The van der Waals surface area contributed by atoms with Gasteiger partial charge in [-0.2, -0.15) is 0 Å². The number of halogens is 2. The van der Waals surface area contributed by atoms with Crippen LogP contribution in [0, 0.1) is 11.6 Å². The van der Waals surface area contributed by atoms with E-state index in [1.807, 2.05) is 0 Å². The van der Waals surface area contributed by atoms with Gasteiger partial charge in [-0.3, -0.25) is 0 Å². The van der Waals surface area contributed by atoms with Crippen molar-refractivity contribution in [1.82, 2.24) is 0 Å². The highest BCUT2D eigenvalue weighted by atomic mass is 32.2. The van der Waals surface area contributed by atoms with Gasteiger partial charge in [0.25, 0.3) is 5.88 Å². The molecule has 1 aliphatic heterocycles. The number of nitrogens with zero attached hydrogens (tertiary/aromatic N) is 1. The Morgan fingerprint density at radius 2 is 1.91 bits per heavy atom. The number of hydrogen-bond donors (Lipinski definition) is 2. The van der Waals surface area contributed by atoms with Gasteiger partial charge >= 0.3 is 0 Å². The van der Waals surface area contributed by atoms with Crippen molar-refractivity contribution in [2.45, 2.75) is 6.42 Å². The fraction of sp³-hybridized carbons (Fsp3) is 0.231. The third-order valence-electron chi connectivity index (χ3n) is 3.34. The molecule has 1 saturated heterocycles. The monoisotopic (exact) mass is 331 g/mol. The van der Waals surface area contributed by atoms with Crippen LogP contribution in [0.3, 0.4) is 0 Å². The molecule has 0 aliphatic carbocycles. The van der Waals surface area contributed by atoms with E-state index in [1.165, 1.54) is 0 Å². The van der Waals surface area contributed by atoms with Crippen LogP contribution < -0.4 is 4.31 Å². The SMILES string of the molecule is O=S1(=O)CCCN1c1oc(-c2cc(F)ccc2F)c(O)c1O. The van der Waals surface area contributed by atoms with Crippen molar-refractivity contribution in [3.05, 3.63) is 29.8 Å². The number of rotatable bonds is 2. The van der Waals surface area contributed by atoms with Crippen LogP contribution >= 0.6 is 0 Å².